The number of hydrogen-bond donors (Lipinski definition) is 0. The Bertz CT molecular complexity index is 316. The van der Waals surface area contributed by atoms with Crippen LogP contribution in [0.15, 0.2) is 24.3 Å². The monoisotopic (exact) mass is 192 g/mol. The van der Waals surface area contributed by atoms with Crippen LogP contribution in [0.3, 0.4) is 0 Å². The molecular formula is C12H16O2. The molecule has 0 bridgehead atoms. The highest BCUT2D eigenvalue weighted by atomic mass is 16.7. The van der Waals surface area contributed by atoms with Gasteiger partial charge >= 0.3 is 0 Å². The van der Waals surface area contributed by atoms with Crippen molar-refractivity contribution < 1.29 is 9.47 Å². The highest BCUT2D eigenvalue weighted by Crippen LogP contribution is 2.34. The first kappa shape index (κ1) is 9.53. The van der Waals surface area contributed by atoms with Crippen molar-refractivity contribution in [3.8, 4) is 5.75 Å². The molecular weight excluding hydrogens is 176 g/mol. The smallest absolute Gasteiger partial charge is 0.210 e. The zero-order valence-electron chi connectivity index (χ0n) is 8.75. The summed E-state index contributed by atoms with van der Waals surface area (Å²) in [5, 5.41) is 0. The lowest BCUT2D eigenvalue weighted by atomic mass is 10.1. The van der Waals surface area contributed by atoms with Crippen LogP contribution >= 0.6 is 0 Å². The molecule has 0 unspecified atom stereocenters. The van der Waals surface area contributed by atoms with Crippen LogP contribution in [0.4, 0.5) is 0 Å². The largest absolute Gasteiger partial charge is 0.462 e. The maximum Gasteiger partial charge on any atom is 0.210 e. The molecule has 0 atom stereocenters. The van der Waals surface area contributed by atoms with Gasteiger partial charge in [-0.3, -0.25) is 0 Å². The van der Waals surface area contributed by atoms with Crippen LogP contribution < -0.4 is 4.74 Å². The Kier molecular flexibility index (Phi) is 2.46. The average Bonchev–Trinajstić information content (AvgIpc) is 2.28. The van der Waals surface area contributed by atoms with Crippen molar-refractivity contribution in [2.45, 2.75) is 39.1 Å². The summed E-state index contributed by atoms with van der Waals surface area (Å²) in [7, 11) is 0. The van der Waals surface area contributed by atoms with Gasteiger partial charge in [0.15, 0.2) is 0 Å². The number of fused-ring (bicyclic) bond motifs is 1. The molecule has 0 saturated carbocycles. The molecule has 0 radical (unpaired) electrons. The lowest BCUT2D eigenvalue weighted by molar-refractivity contribution is -0.209. The fourth-order valence-electron chi connectivity index (χ4n) is 1.76. The summed E-state index contributed by atoms with van der Waals surface area (Å²) in [4.78, 5) is 0. The minimum absolute atomic E-state index is 0.394. The normalized spacial score (nSPS) is 18.4. The molecule has 2 rings (SSSR count). The molecule has 2 nitrogen and oxygen atoms in total. The van der Waals surface area contributed by atoms with Crippen LogP contribution in [-0.4, -0.2) is 5.79 Å². The van der Waals surface area contributed by atoms with E-state index in [4.69, 9.17) is 9.47 Å². The van der Waals surface area contributed by atoms with Crippen LogP contribution in [0.1, 0.15) is 32.3 Å². The Labute approximate surface area is 84.8 Å². The molecule has 14 heavy (non-hydrogen) atoms. The molecule has 2 heteroatoms. The van der Waals surface area contributed by atoms with Gasteiger partial charge in [-0.2, -0.15) is 0 Å². The molecule has 0 aromatic heterocycles. The topological polar surface area (TPSA) is 18.5 Å². The van der Waals surface area contributed by atoms with Gasteiger partial charge in [0.2, 0.25) is 5.79 Å². The van der Waals surface area contributed by atoms with E-state index in [-0.39, 0.29) is 0 Å². The summed E-state index contributed by atoms with van der Waals surface area (Å²) >= 11 is 0. The summed E-state index contributed by atoms with van der Waals surface area (Å²) in [6, 6.07) is 8.07. The molecule has 0 aliphatic carbocycles. The van der Waals surface area contributed by atoms with Crippen molar-refractivity contribution in [2.75, 3.05) is 0 Å². The lowest BCUT2D eigenvalue weighted by Crippen LogP contribution is -2.40. The van der Waals surface area contributed by atoms with Crippen LogP contribution in [0, 0.1) is 0 Å². The Morgan fingerprint density at radius 2 is 1.93 bits per heavy atom. The molecule has 76 valence electrons. The van der Waals surface area contributed by atoms with E-state index in [1.165, 1.54) is 0 Å². The maximum atomic E-state index is 5.90. The molecule has 0 spiro atoms. The Morgan fingerprint density at radius 1 is 1.21 bits per heavy atom. The van der Waals surface area contributed by atoms with E-state index < -0.39 is 5.79 Å². The zero-order chi connectivity index (χ0) is 10.0. The molecule has 0 fully saturated rings. The summed E-state index contributed by atoms with van der Waals surface area (Å²) in [6.45, 7) is 4.85. The first-order valence-electron chi connectivity index (χ1n) is 5.20. The standard InChI is InChI=1S/C12H16O2/c1-3-12(4-2)13-9-10-7-5-6-8-11(10)14-12/h5-8H,3-4,9H2,1-2H3. The van der Waals surface area contributed by atoms with Gasteiger partial charge in [0.25, 0.3) is 0 Å². The van der Waals surface area contributed by atoms with E-state index in [9.17, 15) is 0 Å². The quantitative estimate of drug-likeness (QED) is 0.716. The zero-order valence-corrected chi connectivity index (χ0v) is 8.75. The first-order valence-corrected chi connectivity index (χ1v) is 5.20. The predicted octanol–water partition coefficient (Wildman–Crippen LogP) is 3.11. The maximum absolute atomic E-state index is 5.90. The van der Waals surface area contributed by atoms with E-state index in [0.717, 1.165) is 24.2 Å². The molecule has 0 saturated heterocycles. The number of hydrogen-bond acceptors (Lipinski definition) is 2. The van der Waals surface area contributed by atoms with E-state index in [0.29, 0.717) is 6.61 Å². The van der Waals surface area contributed by atoms with Crippen LogP contribution in [0.25, 0.3) is 0 Å². The van der Waals surface area contributed by atoms with Gasteiger partial charge in [-0.1, -0.05) is 32.0 Å². The van der Waals surface area contributed by atoms with E-state index >= 15 is 0 Å². The predicted molar refractivity (Wildman–Crippen MR) is 55.2 cm³/mol. The second kappa shape index (κ2) is 3.62. The SMILES string of the molecule is CCC1(CC)OCc2ccccc2O1. The summed E-state index contributed by atoms with van der Waals surface area (Å²) in [5.41, 5.74) is 1.14. The fraction of sp³-hybridized carbons (Fsp3) is 0.500. The molecule has 1 aromatic carbocycles. The Balaban J connectivity index is 2.28. The molecule has 1 heterocycles. The van der Waals surface area contributed by atoms with E-state index in [1.54, 1.807) is 0 Å². The van der Waals surface area contributed by atoms with Crippen molar-refractivity contribution in [3.05, 3.63) is 29.8 Å². The van der Waals surface area contributed by atoms with Gasteiger partial charge in [0.05, 0.1) is 6.61 Å². The minimum Gasteiger partial charge on any atom is -0.462 e. The van der Waals surface area contributed by atoms with E-state index in [1.807, 2.05) is 24.3 Å². The van der Waals surface area contributed by atoms with Gasteiger partial charge in [-0.05, 0) is 6.07 Å². The molecule has 0 N–H and O–H groups in total. The number of rotatable bonds is 2. The third-order valence-electron chi connectivity index (χ3n) is 2.84. The molecule has 1 aliphatic rings. The minimum atomic E-state index is -0.394. The fourth-order valence-corrected chi connectivity index (χ4v) is 1.76. The second-order valence-electron chi connectivity index (χ2n) is 3.62. The van der Waals surface area contributed by atoms with Gasteiger partial charge in [-0.25, -0.2) is 0 Å². The summed E-state index contributed by atoms with van der Waals surface area (Å²) in [6.07, 6.45) is 1.77. The van der Waals surface area contributed by atoms with Gasteiger partial charge in [0, 0.05) is 18.4 Å². The Hall–Kier alpha value is -1.02. The third kappa shape index (κ3) is 1.50. The highest BCUT2D eigenvalue weighted by Gasteiger charge is 2.33. The summed E-state index contributed by atoms with van der Waals surface area (Å²) < 4.78 is 11.7. The second-order valence-corrected chi connectivity index (χ2v) is 3.62. The number of benzene rings is 1. The van der Waals surface area contributed by atoms with Crippen molar-refractivity contribution in [3.63, 3.8) is 0 Å². The third-order valence-corrected chi connectivity index (χ3v) is 2.84. The number of ether oxygens (including phenoxy) is 2. The van der Waals surface area contributed by atoms with Crippen LogP contribution in [0.2, 0.25) is 0 Å². The van der Waals surface area contributed by atoms with Crippen molar-refractivity contribution >= 4 is 0 Å². The molecule has 1 aliphatic heterocycles. The van der Waals surface area contributed by atoms with Gasteiger partial charge in [0.1, 0.15) is 5.75 Å². The van der Waals surface area contributed by atoms with Crippen LogP contribution in [0.5, 0.6) is 5.75 Å². The van der Waals surface area contributed by atoms with Crippen molar-refractivity contribution in [2.24, 2.45) is 0 Å². The molecule has 1 aromatic rings. The van der Waals surface area contributed by atoms with Crippen molar-refractivity contribution in [1.82, 2.24) is 0 Å². The average molecular weight is 192 g/mol. The lowest BCUT2D eigenvalue weighted by Gasteiger charge is -2.37. The summed E-state index contributed by atoms with van der Waals surface area (Å²) in [5.74, 6) is 0.580. The van der Waals surface area contributed by atoms with Crippen LogP contribution in [-0.2, 0) is 11.3 Å². The van der Waals surface area contributed by atoms with Gasteiger partial charge < -0.3 is 9.47 Å². The van der Waals surface area contributed by atoms with E-state index in [2.05, 4.69) is 13.8 Å². The Morgan fingerprint density at radius 3 is 2.64 bits per heavy atom. The number of para-hydroxylation sites is 1. The van der Waals surface area contributed by atoms with Gasteiger partial charge in [-0.15, -0.1) is 0 Å². The highest BCUT2D eigenvalue weighted by molar-refractivity contribution is 5.34. The first-order chi connectivity index (χ1) is 6.79. The molecule has 0 amide bonds. The van der Waals surface area contributed by atoms with Crippen molar-refractivity contribution in [1.29, 1.82) is 0 Å².